The summed E-state index contributed by atoms with van der Waals surface area (Å²) in [6.45, 7) is 9.33. The number of aromatic nitrogens is 2. The molecule has 0 aliphatic carbocycles. The first kappa shape index (κ1) is 26.0. The Morgan fingerprint density at radius 2 is 1.74 bits per heavy atom. The number of aryl methyl sites for hydroxylation is 1. The third kappa shape index (κ3) is 6.48. The summed E-state index contributed by atoms with van der Waals surface area (Å²) in [4.78, 5) is 24.6. The lowest BCUT2D eigenvalue weighted by Gasteiger charge is -2.36. The number of amides is 1. The molecule has 2 atom stereocenters. The highest BCUT2D eigenvalue weighted by molar-refractivity contribution is 5.93. The van der Waals surface area contributed by atoms with Crippen LogP contribution in [0.3, 0.4) is 0 Å². The molecule has 0 unspecified atom stereocenters. The topological polar surface area (TPSA) is 114 Å². The monoisotopic (exact) mass is 479 g/mol. The van der Waals surface area contributed by atoms with Gasteiger partial charge in [0.2, 0.25) is 5.88 Å². The number of nitrogens with zero attached hydrogens (tertiary/aromatic N) is 2. The van der Waals surface area contributed by atoms with Gasteiger partial charge in [-0.05, 0) is 37.0 Å². The van der Waals surface area contributed by atoms with Crippen molar-refractivity contribution in [2.75, 3.05) is 6.61 Å². The van der Waals surface area contributed by atoms with Crippen molar-refractivity contribution in [2.24, 2.45) is 5.41 Å². The highest BCUT2D eigenvalue weighted by Crippen LogP contribution is 2.31. The molecule has 3 aromatic rings. The number of carbonyl (C=O) groups is 2. The van der Waals surface area contributed by atoms with E-state index in [9.17, 15) is 19.8 Å². The number of hydrogen-bond donors (Lipinski definition) is 3. The Kier molecular flexibility index (Phi) is 7.65. The highest BCUT2D eigenvalue weighted by Gasteiger charge is 2.36. The van der Waals surface area contributed by atoms with E-state index in [4.69, 9.17) is 4.74 Å². The highest BCUT2D eigenvalue weighted by atomic mass is 16.5. The quantitative estimate of drug-likeness (QED) is 0.422. The molecule has 35 heavy (non-hydrogen) atoms. The number of carboxylic acid groups (broad SMARTS) is 1. The van der Waals surface area contributed by atoms with Gasteiger partial charge >= 0.3 is 5.97 Å². The molecule has 0 spiro atoms. The van der Waals surface area contributed by atoms with Crippen LogP contribution in [-0.2, 0) is 4.79 Å². The number of nitrogens with one attached hydrogen (secondary N) is 1. The second kappa shape index (κ2) is 10.3. The molecule has 8 nitrogen and oxygen atoms in total. The SMILES string of the molecule is Cc1cccc([C@H](CC(=O)O)NC(=O)c2cc(OC[C@](C)(O)C(C)(C)C)n(-c3ccccc3)n2)c1. The molecule has 1 heterocycles. The molecule has 0 saturated heterocycles. The van der Waals surface area contributed by atoms with Gasteiger partial charge in [-0.2, -0.15) is 5.10 Å². The molecule has 0 bridgehead atoms. The molecule has 186 valence electrons. The number of carbonyl (C=O) groups excluding carboxylic acids is 1. The van der Waals surface area contributed by atoms with E-state index in [-0.39, 0.29) is 24.6 Å². The Morgan fingerprint density at radius 3 is 2.34 bits per heavy atom. The van der Waals surface area contributed by atoms with Gasteiger partial charge in [-0.25, -0.2) is 4.68 Å². The molecule has 1 amide bonds. The van der Waals surface area contributed by atoms with Crippen molar-refractivity contribution in [3.05, 3.63) is 77.5 Å². The number of benzene rings is 2. The van der Waals surface area contributed by atoms with Crippen molar-refractivity contribution in [1.29, 1.82) is 0 Å². The van der Waals surface area contributed by atoms with E-state index in [0.29, 0.717) is 11.3 Å². The number of ether oxygens (including phenoxy) is 1. The van der Waals surface area contributed by atoms with Crippen LogP contribution < -0.4 is 10.1 Å². The zero-order valence-electron chi connectivity index (χ0n) is 20.8. The summed E-state index contributed by atoms with van der Waals surface area (Å²) in [6.07, 6.45) is -0.271. The first-order chi connectivity index (χ1) is 16.4. The molecule has 8 heteroatoms. The van der Waals surface area contributed by atoms with Gasteiger partial charge in [-0.15, -0.1) is 0 Å². The van der Waals surface area contributed by atoms with E-state index < -0.39 is 28.9 Å². The number of para-hydroxylation sites is 1. The molecule has 1 aromatic heterocycles. The van der Waals surface area contributed by atoms with Crippen molar-refractivity contribution < 1.29 is 24.5 Å². The maximum atomic E-state index is 13.2. The average molecular weight is 480 g/mol. The van der Waals surface area contributed by atoms with Crippen molar-refractivity contribution in [3.8, 4) is 11.6 Å². The van der Waals surface area contributed by atoms with Crippen LogP contribution in [0.2, 0.25) is 0 Å². The van der Waals surface area contributed by atoms with Crippen LogP contribution >= 0.6 is 0 Å². The Balaban J connectivity index is 1.91. The summed E-state index contributed by atoms with van der Waals surface area (Å²) in [7, 11) is 0. The first-order valence-electron chi connectivity index (χ1n) is 11.5. The number of rotatable bonds is 9. The predicted molar refractivity (Wildman–Crippen MR) is 133 cm³/mol. The van der Waals surface area contributed by atoms with E-state index in [2.05, 4.69) is 10.4 Å². The normalized spacial score (nSPS) is 14.1. The predicted octanol–water partition coefficient (Wildman–Crippen LogP) is 4.30. The molecule has 0 radical (unpaired) electrons. The van der Waals surface area contributed by atoms with Crippen LogP contribution in [0.25, 0.3) is 5.69 Å². The minimum absolute atomic E-state index is 0.0129. The number of aliphatic hydroxyl groups is 1. The fourth-order valence-electron chi connectivity index (χ4n) is 3.31. The Hall–Kier alpha value is -3.65. The molecule has 2 aromatic carbocycles. The van der Waals surface area contributed by atoms with Crippen molar-refractivity contribution in [3.63, 3.8) is 0 Å². The Labute approximate surface area is 205 Å². The van der Waals surface area contributed by atoms with Crippen molar-refractivity contribution in [2.45, 2.75) is 52.7 Å². The summed E-state index contributed by atoms with van der Waals surface area (Å²) in [5.41, 5.74) is 0.824. The molecular weight excluding hydrogens is 446 g/mol. The molecule has 0 aliphatic rings. The van der Waals surface area contributed by atoms with Crippen LogP contribution in [0, 0.1) is 12.3 Å². The number of hydrogen-bond acceptors (Lipinski definition) is 5. The number of aliphatic carboxylic acids is 1. The van der Waals surface area contributed by atoms with E-state index >= 15 is 0 Å². The van der Waals surface area contributed by atoms with Gasteiger partial charge in [0, 0.05) is 6.07 Å². The van der Waals surface area contributed by atoms with E-state index in [1.807, 2.05) is 76.2 Å². The van der Waals surface area contributed by atoms with Gasteiger partial charge < -0.3 is 20.3 Å². The second-order valence-corrected chi connectivity index (χ2v) is 9.97. The maximum absolute atomic E-state index is 13.2. The van der Waals surface area contributed by atoms with E-state index in [1.54, 1.807) is 13.0 Å². The minimum Gasteiger partial charge on any atom is -0.481 e. The van der Waals surface area contributed by atoms with Crippen molar-refractivity contribution >= 4 is 11.9 Å². The van der Waals surface area contributed by atoms with Crippen molar-refractivity contribution in [1.82, 2.24) is 15.1 Å². The lowest BCUT2D eigenvalue weighted by atomic mass is 9.78. The molecule has 0 fully saturated rings. The average Bonchev–Trinajstić information content (AvgIpc) is 3.21. The summed E-state index contributed by atoms with van der Waals surface area (Å²) in [5.74, 6) is -1.27. The number of carboxylic acids is 1. The van der Waals surface area contributed by atoms with Crippen LogP contribution in [0.5, 0.6) is 5.88 Å². The van der Waals surface area contributed by atoms with Gasteiger partial charge in [-0.3, -0.25) is 9.59 Å². The first-order valence-corrected chi connectivity index (χ1v) is 11.5. The summed E-state index contributed by atoms with van der Waals surface area (Å²) in [5, 5.41) is 27.5. The fourth-order valence-corrected chi connectivity index (χ4v) is 3.31. The van der Waals surface area contributed by atoms with E-state index in [0.717, 1.165) is 5.56 Å². The molecule has 3 N–H and O–H groups in total. The third-order valence-electron chi connectivity index (χ3n) is 6.16. The summed E-state index contributed by atoms with van der Waals surface area (Å²) < 4.78 is 7.45. The van der Waals surface area contributed by atoms with Gasteiger partial charge in [0.05, 0.1) is 18.2 Å². The Bertz CT molecular complexity index is 1180. The fraction of sp³-hybridized carbons (Fsp3) is 0.370. The van der Waals surface area contributed by atoms with Crippen LogP contribution in [0.15, 0.2) is 60.7 Å². The van der Waals surface area contributed by atoms with Gasteiger partial charge in [-0.1, -0.05) is 68.8 Å². The van der Waals surface area contributed by atoms with Gasteiger partial charge in [0.25, 0.3) is 5.91 Å². The zero-order chi connectivity index (χ0) is 25.8. The maximum Gasteiger partial charge on any atom is 0.305 e. The van der Waals surface area contributed by atoms with Crippen LogP contribution in [-0.4, -0.2) is 44.1 Å². The lowest BCUT2D eigenvalue weighted by Crippen LogP contribution is -2.45. The zero-order valence-corrected chi connectivity index (χ0v) is 20.8. The van der Waals surface area contributed by atoms with Gasteiger partial charge in [0.15, 0.2) is 5.69 Å². The van der Waals surface area contributed by atoms with Crippen LogP contribution in [0.1, 0.15) is 61.8 Å². The minimum atomic E-state index is -1.14. The molecule has 0 saturated carbocycles. The van der Waals surface area contributed by atoms with Crippen LogP contribution in [0.4, 0.5) is 0 Å². The molecule has 0 aliphatic heterocycles. The van der Waals surface area contributed by atoms with E-state index in [1.165, 1.54) is 10.7 Å². The smallest absolute Gasteiger partial charge is 0.305 e. The Morgan fingerprint density at radius 1 is 1.06 bits per heavy atom. The molecular formula is C27H33N3O5. The summed E-state index contributed by atoms with van der Waals surface area (Å²) in [6, 6.07) is 17.3. The largest absolute Gasteiger partial charge is 0.481 e. The standard InChI is InChI=1S/C27H33N3O5/c1-18-10-9-11-19(14-18)21(16-24(31)32)28-25(33)22-15-23(35-17-27(5,34)26(2,3)4)30(29-22)20-12-7-6-8-13-20/h6-15,21,34H,16-17H2,1-5H3,(H,28,33)(H,31,32)/t21-,27-/m0/s1. The van der Waals surface area contributed by atoms with Gasteiger partial charge in [0.1, 0.15) is 12.2 Å². The second-order valence-electron chi connectivity index (χ2n) is 9.97. The molecule has 3 rings (SSSR count). The summed E-state index contributed by atoms with van der Waals surface area (Å²) >= 11 is 0. The lowest BCUT2D eigenvalue weighted by molar-refractivity contribution is -0.137. The third-order valence-corrected chi connectivity index (χ3v) is 6.16.